The topological polar surface area (TPSA) is 37.8 Å². The Morgan fingerprint density at radius 2 is 1.70 bits per heavy atom. The summed E-state index contributed by atoms with van der Waals surface area (Å²) >= 11 is 0. The monoisotopic (exact) mass is 273 g/mol. The van der Waals surface area contributed by atoms with Crippen LogP contribution in [0.2, 0.25) is 0 Å². The van der Waals surface area contributed by atoms with Crippen LogP contribution in [0.4, 0.5) is 4.39 Å². The van der Waals surface area contributed by atoms with Crippen LogP contribution in [-0.2, 0) is 6.54 Å². The van der Waals surface area contributed by atoms with Gasteiger partial charge in [-0.1, -0.05) is 6.92 Å². The first-order valence-corrected chi connectivity index (χ1v) is 6.83. The SMILES string of the molecule is CCNCc1c(C)nc(-c2cc(C)cc(F)c2)nc1C. The summed E-state index contributed by atoms with van der Waals surface area (Å²) in [5.41, 5.74) is 4.59. The molecule has 2 rings (SSSR count). The first-order chi connectivity index (χ1) is 9.51. The minimum absolute atomic E-state index is 0.254. The van der Waals surface area contributed by atoms with Gasteiger partial charge in [0.15, 0.2) is 5.82 Å². The molecular formula is C16H20FN3. The minimum atomic E-state index is -0.254. The van der Waals surface area contributed by atoms with E-state index in [2.05, 4.69) is 22.2 Å². The van der Waals surface area contributed by atoms with Crippen LogP contribution in [0, 0.1) is 26.6 Å². The molecule has 0 aliphatic carbocycles. The summed E-state index contributed by atoms with van der Waals surface area (Å²) in [6.07, 6.45) is 0. The van der Waals surface area contributed by atoms with Gasteiger partial charge in [-0.3, -0.25) is 0 Å². The first-order valence-electron chi connectivity index (χ1n) is 6.83. The molecule has 4 heteroatoms. The highest BCUT2D eigenvalue weighted by atomic mass is 19.1. The van der Waals surface area contributed by atoms with Gasteiger partial charge in [-0.05, 0) is 51.1 Å². The lowest BCUT2D eigenvalue weighted by atomic mass is 10.1. The summed E-state index contributed by atoms with van der Waals surface area (Å²) in [6, 6.07) is 4.88. The maximum atomic E-state index is 13.5. The van der Waals surface area contributed by atoms with Crippen molar-refractivity contribution in [3.05, 3.63) is 46.5 Å². The molecule has 0 saturated heterocycles. The van der Waals surface area contributed by atoms with Gasteiger partial charge in [-0.2, -0.15) is 0 Å². The van der Waals surface area contributed by atoms with Crippen molar-refractivity contribution in [2.75, 3.05) is 6.54 Å². The van der Waals surface area contributed by atoms with Gasteiger partial charge < -0.3 is 5.32 Å². The molecule has 2 aromatic rings. The van der Waals surface area contributed by atoms with Gasteiger partial charge in [0.1, 0.15) is 5.82 Å². The van der Waals surface area contributed by atoms with E-state index in [1.54, 1.807) is 0 Å². The molecule has 1 heterocycles. The molecule has 0 bridgehead atoms. The quantitative estimate of drug-likeness (QED) is 0.928. The summed E-state index contributed by atoms with van der Waals surface area (Å²) in [4.78, 5) is 9.04. The zero-order chi connectivity index (χ0) is 14.7. The van der Waals surface area contributed by atoms with E-state index in [0.717, 1.165) is 41.2 Å². The average molecular weight is 273 g/mol. The van der Waals surface area contributed by atoms with E-state index in [1.807, 2.05) is 26.8 Å². The third-order valence-electron chi connectivity index (χ3n) is 3.27. The van der Waals surface area contributed by atoms with E-state index >= 15 is 0 Å². The normalized spacial score (nSPS) is 10.8. The molecule has 1 aromatic heterocycles. The highest BCUT2D eigenvalue weighted by Gasteiger charge is 2.10. The smallest absolute Gasteiger partial charge is 0.159 e. The molecule has 0 amide bonds. The summed E-state index contributed by atoms with van der Waals surface area (Å²) < 4.78 is 13.5. The van der Waals surface area contributed by atoms with E-state index < -0.39 is 0 Å². The fourth-order valence-corrected chi connectivity index (χ4v) is 2.24. The van der Waals surface area contributed by atoms with Gasteiger partial charge in [0.2, 0.25) is 0 Å². The largest absolute Gasteiger partial charge is 0.313 e. The van der Waals surface area contributed by atoms with Gasteiger partial charge in [-0.25, -0.2) is 14.4 Å². The lowest BCUT2D eigenvalue weighted by molar-refractivity contribution is 0.627. The molecule has 106 valence electrons. The van der Waals surface area contributed by atoms with Crippen molar-refractivity contribution in [2.45, 2.75) is 34.2 Å². The Kier molecular flexibility index (Phi) is 4.45. The second kappa shape index (κ2) is 6.09. The van der Waals surface area contributed by atoms with Crippen LogP contribution in [-0.4, -0.2) is 16.5 Å². The van der Waals surface area contributed by atoms with Crippen molar-refractivity contribution in [2.24, 2.45) is 0 Å². The van der Waals surface area contributed by atoms with Crippen LogP contribution in [0.25, 0.3) is 11.4 Å². The Morgan fingerprint density at radius 3 is 2.25 bits per heavy atom. The Labute approximate surface area is 119 Å². The molecule has 20 heavy (non-hydrogen) atoms. The molecule has 3 nitrogen and oxygen atoms in total. The lowest BCUT2D eigenvalue weighted by Crippen LogP contribution is -2.15. The molecule has 0 atom stereocenters. The van der Waals surface area contributed by atoms with Crippen molar-refractivity contribution < 1.29 is 4.39 Å². The van der Waals surface area contributed by atoms with Crippen LogP contribution in [0.1, 0.15) is 29.4 Å². The van der Waals surface area contributed by atoms with E-state index in [-0.39, 0.29) is 5.82 Å². The van der Waals surface area contributed by atoms with Gasteiger partial charge in [0.05, 0.1) is 0 Å². The third kappa shape index (κ3) is 3.20. The summed E-state index contributed by atoms with van der Waals surface area (Å²) in [7, 11) is 0. The summed E-state index contributed by atoms with van der Waals surface area (Å²) in [6.45, 7) is 9.54. The summed E-state index contributed by atoms with van der Waals surface area (Å²) in [5, 5.41) is 3.28. The van der Waals surface area contributed by atoms with E-state index in [4.69, 9.17) is 0 Å². The third-order valence-corrected chi connectivity index (χ3v) is 3.27. The fraction of sp³-hybridized carbons (Fsp3) is 0.375. The number of aromatic nitrogens is 2. The molecule has 0 aliphatic rings. The Balaban J connectivity index is 2.43. The highest BCUT2D eigenvalue weighted by molar-refractivity contribution is 5.57. The standard InChI is InChI=1S/C16H20FN3/c1-5-18-9-15-11(3)19-16(20-12(15)4)13-6-10(2)7-14(17)8-13/h6-8,18H,5,9H2,1-4H3. The van der Waals surface area contributed by atoms with Gasteiger partial charge in [-0.15, -0.1) is 0 Å². The molecule has 0 saturated carbocycles. The molecule has 0 unspecified atom stereocenters. The van der Waals surface area contributed by atoms with Crippen molar-refractivity contribution in [3.8, 4) is 11.4 Å². The number of hydrogen-bond donors (Lipinski definition) is 1. The lowest BCUT2D eigenvalue weighted by Gasteiger charge is -2.11. The molecular weight excluding hydrogens is 253 g/mol. The highest BCUT2D eigenvalue weighted by Crippen LogP contribution is 2.21. The first kappa shape index (κ1) is 14.6. The molecule has 0 aliphatic heterocycles. The van der Waals surface area contributed by atoms with Gasteiger partial charge in [0, 0.05) is 29.1 Å². The maximum absolute atomic E-state index is 13.5. The number of nitrogens with one attached hydrogen (secondary N) is 1. The molecule has 1 aromatic carbocycles. The number of hydrogen-bond acceptors (Lipinski definition) is 3. The molecule has 0 fully saturated rings. The fourth-order valence-electron chi connectivity index (χ4n) is 2.24. The van der Waals surface area contributed by atoms with Crippen LogP contribution in [0.5, 0.6) is 0 Å². The Bertz CT molecular complexity index is 580. The Morgan fingerprint density at radius 1 is 1.05 bits per heavy atom. The predicted molar refractivity (Wildman–Crippen MR) is 79.0 cm³/mol. The molecule has 0 radical (unpaired) electrons. The van der Waals surface area contributed by atoms with Crippen molar-refractivity contribution in [1.82, 2.24) is 15.3 Å². The van der Waals surface area contributed by atoms with Gasteiger partial charge >= 0.3 is 0 Å². The van der Waals surface area contributed by atoms with Crippen LogP contribution in [0.3, 0.4) is 0 Å². The van der Waals surface area contributed by atoms with Crippen LogP contribution >= 0.6 is 0 Å². The molecule has 1 N–H and O–H groups in total. The molecule has 0 spiro atoms. The predicted octanol–water partition coefficient (Wildman–Crippen LogP) is 3.32. The van der Waals surface area contributed by atoms with Crippen LogP contribution < -0.4 is 5.32 Å². The van der Waals surface area contributed by atoms with E-state index in [1.165, 1.54) is 12.1 Å². The Hall–Kier alpha value is -1.81. The van der Waals surface area contributed by atoms with Crippen molar-refractivity contribution in [3.63, 3.8) is 0 Å². The summed E-state index contributed by atoms with van der Waals surface area (Å²) in [5.74, 6) is 0.332. The number of rotatable bonds is 4. The zero-order valence-corrected chi connectivity index (χ0v) is 12.4. The second-order valence-electron chi connectivity index (χ2n) is 4.99. The number of halogens is 1. The van der Waals surface area contributed by atoms with E-state index in [9.17, 15) is 4.39 Å². The second-order valence-corrected chi connectivity index (χ2v) is 4.99. The number of benzene rings is 1. The number of nitrogens with zero attached hydrogens (tertiary/aromatic N) is 2. The van der Waals surface area contributed by atoms with Crippen molar-refractivity contribution >= 4 is 0 Å². The van der Waals surface area contributed by atoms with Crippen molar-refractivity contribution in [1.29, 1.82) is 0 Å². The van der Waals surface area contributed by atoms with Gasteiger partial charge in [0.25, 0.3) is 0 Å². The maximum Gasteiger partial charge on any atom is 0.159 e. The number of aryl methyl sites for hydroxylation is 3. The van der Waals surface area contributed by atoms with Crippen LogP contribution in [0.15, 0.2) is 18.2 Å². The zero-order valence-electron chi connectivity index (χ0n) is 12.4. The van der Waals surface area contributed by atoms with E-state index in [0.29, 0.717) is 5.82 Å². The minimum Gasteiger partial charge on any atom is -0.313 e. The average Bonchev–Trinajstić information content (AvgIpc) is 2.36.